The van der Waals surface area contributed by atoms with Crippen LogP contribution in [0.5, 0.6) is 11.5 Å². The molecule has 43 heavy (non-hydrogen) atoms. The fourth-order valence-corrected chi connectivity index (χ4v) is 4.85. The molecule has 0 bridgehead atoms. The molecule has 0 amide bonds. The molecule has 0 aliphatic rings. The topological polar surface area (TPSA) is 143 Å². The quantitative estimate of drug-likeness (QED) is 0.196. The largest absolute Gasteiger partial charge is 0.497 e. The van der Waals surface area contributed by atoms with Crippen molar-refractivity contribution in [3.8, 4) is 11.5 Å². The number of methoxy groups -OCH3 is 1. The first-order valence-electron chi connectivity index (χ1n) is 14.1. The van der Waals surface area contributed by atoms with Crippen molar-refractivity contribution in [2.24, 2.45) is 0 Å². The van der Waals surface area contributed by atoms with Gasteiger partial charge >= 0.3 is 17.9 Å². The molecule has 0 aromatic heterocycles. The number of carbonyl (C=O) groups excluding carboxylic acids is 1. The molecule has 0 fully saturated rings. The summed E-state index contributed by atoms with van der Waals surface area (Å²) in [5.74, 6) is -3.23. The van der Waals surface area contributed by atoms with Gasteiger partial charge in [-0.15, -0.1) is 0 Å². The molecule has 2 unspecified atom stereocenters. The van der Waals surface area contributed by atoms with Gasteiger partial charge in [-0.3, -0.25) is 9.59 Å². The minimum absolute atomic E-state index is 0.138. The van der Waals surface area contributed by atoms with Crippen molar-refractivity contribution in [2.75, 3.05) is 33.4 Å². The van der Waals surface area contributed by atoms with E-state index in [0.717, 1.165) is 25.2 Å². The van der Waals surface area contributed by atoms with Crippen LogP contribution in [0.4, 0.5) is 0 Å². The van der Waals surface area contributed by atoms with E-state index in [1.54, 1.807) is 67.8 Å². The molecule has 0 saturated carbocycles. The van der Waals surface area contributed by atoms with Gasteiger partial charge in [-0.05, 0) is 42.9 Å². The Bertz CT molecular complexity index is 1340. The number of nitrogens with zero attached hydrogens (tertiary/aromatic N) is 1. The summed E-state index contributed by atoms with van der Waals surface area (Å²) in [4.78, 5) is 38.8. The number of aliphatic hydroxyl groups is 1. The number of esters is 1. The Morgan fingerprint density at radius 1 is 0.791 bits per heavy atom. The van der Waals surface area contributed by atoms with E-state index >= 15 is 0 Å². The van der Waals surface area contributed by atoms with E-state index in [4.69, 9.17) is 14.2 Å². The minimum atomic E-state index is -2.85. The van der Waals surface area contributed by atoms with Crippen molar-refractivity contribution in [2.45, 2.75) is 44.3 Å². The van der Waals surface area contributed by atoms with Gasteiger partial charge in [-0.1, -0.05) is 68.4 Å². The molecule has 3 N–H and O–H groups in total. The maximum atomic E-state index is 13.4. The SMILES string of the molecule is CCN(CC)CCOc1ccc(C(Cc2ccc(OC)cc2)(OC(=O)CC(O)(CC(=O)O)C(=O)O)c2ccccc2)cc1. The molecule has 0 spiro atoms. The summed E-state index contributed by atoms with van der Waals surface area (Å²) >= 11 is 0. The molecule has 0 radical (unpaired) electrons. The summed E-state index contributed by atoms with van der Waals surface area (Å²) in [7, 11) is 1.55. The fourth-order valence-electron chi connectivity index (χ4n) is 4.85. The zero-order valence-electron chi connectivity index (χ0n) is 24.7. The molecule has 3 rings (SSSR count). The Morgan fingerprint density at radius 3 is 1.91 bits per heavy atom. The third-order valence-electron chi connectivity index (χ3n) is 7.31. The van der Waals surface area contributed by atoms with Gasteiger partial charge in [-0.2, -0.15) is 0 Å². The zero-order chi connectivity index (χ0) is 31.5. The number of ether oxygens (including phenoxy) is 3. The standard InChI is InChI=1S/C33H39NO9/c1-4-34(5-2)19-20-42-28-17-13-26(14-18-28)33(25-9-7-6-8-10-25,21-24-11-15-27(41-3)16-12-24)43-30(37)23-32(40,31(38)39)22-29(35)36/h6-18,40H,4-5,19-23H2,1-3H3,(H,35,36)(H,38,39). The number of rotatable bonds is 17. The predicted molar refractivity (Wildman–Crippen MR) is 159 cm³/mol. The first-order chi connectivity index (χ1) is 20.5. The Balaban J connectivity index is 2.05. The van der Waals surface area contributed by atoms with Crippen LogP contribution in [-0.4, -0.2) is 77.1 Å². The van der Waals surface area contributed by atoms with Crippen molar-refractivity contribution in [3.63, 3.8) is 0 Å². The monoisotopic (exact) mass is 593 g/mol. The lowest BCUT2D eigenvalue weighted by atomic mass is 9.80. The maximum absolute atomic E-state index is 13.4. The van der Waals surface area contributed by atoms with Crippen molar-refractivity contribution < 1.29 is 43.9 Å². The Kier molecular flexibility index (Phi) is 11.7. The van der Waals surface area contributed by atoms with Crippen molar-refractivity contribution in [1.82, 2.24) is 4.90 Å². The van der Waals surface area contributed by atoms with Crippen LogP contribution in [0.1, 0.15) is 43.4 Å². The van der Waals surface area contributed by atoms with Gasteiger partial charge < -0.3 is 34.4 Å². The second kappa shape index (κ2) is 15.2. The number of hydrogen-bond acceptors (Lipinski definition) is 8. The average molecular weight is 594 g/mol. The highest BCUT2D eigenvalue weighted by molar-refractivity contribution is 5.88. The predicted octanol–water partition coefficient (Wildman–Crippen LogP) is 4.13. The zero-order valence-corrected chi connectivity index (χ0v) is 24.7. The molecule has 230 valence electrons. The van der Waals surface area contributed by atoms with E-state index in [0.29, 0.717) is 29.2 Å². The van der Waals surface area contributed by atoms with E-state index in [-0.39, 0.29) is 6.42 Å². The first-order valence-corrected chi connectivity index (χ1v) is 14.1. The van der Waals surface area contributed by atoms with Crippen LogP contribution >= 0.6 is 0 Å². The third-order valence-corrected chi connectivity index (χ3v) is 7.31. The lowest BCUT2D eigenvalue weighted by Crippen LogP contribution is -2.45. The molecular weight excluding hydrogens is 554 g/mol. The number of hydrogen-bond donors (Lipinski definition) is 3. The lowest BCUT2D eigenvalue weighted by Gasteiger charge is -2.36. The Labute approximate surface area is 251 Å². The van der Waals surface area contributed by atoms with Crippen molar-refractivity contribution in [1.29, 1.82) is 0 Å². The number of carbonyl (C=O) groups is 3. The maximum Gasteiger partial charge on any atom is 0.336 e. The van der Waals surface area contributed by atoms with Gasteiger partial charge in [0.1, 0.15) is 18.1 Å². The number of benzene rings is 3. The summed E-state index contributed by atoms with van der Waals surface area (Å²) in [5.41, 5.74) is -2.40. The minimum Gasteiger partial charge on any atom is -0.497 e. The van der Waals surface area contributed by atoms with Gasteiger partial charge in [0, 0.05) is 24.1 Å². The average Bonchev–Trinajstić information content (AvgIpc) is 2.99. The summed E-state index contributed by atoms with van der Waals surface area (Å²) in [5, 5.41) is 29.3. The Morgan fingerprint density at radius 2 is 1.37 bits per heavy atom. The molecule has 10 nitrogen and oxygen atoms in total. The molecule has 10 heteroatoms. The van der Waals surface area contributed by atoms with Gasteiger partial charge in [0.05, 0.1) is 20.0 Å². The highest BCUT2D eigenvalue weighted by Crippen LogP contribution is 2.39. The number of carboxylic acid groups (broad SMARTS) is 2. The molecule has 0 heterocycles. The highest BCUT2D eigenvalue weighted by Gasteiger charge is 2.45. The van der Waals surface area contributed by atoms with Crippen LogP contribution in [0.15, 0.2) is 78.9 Å². The molecule has 2 atom stereocenters. The van der Waals surface area contributed by atoms with E-state index in [1.165, 1.54) is 0 Å². The summed E-state index contributed by atoms with van der Waals surface area (Å²) < 4.78 is 17.4. The normalized spacial score (nSPS) is 13.9. The second-order valence-corrected chi connectivity index (χ2v) is 10.2. The van der Waals surface area contributed by atoms with Gasteiger partial charge in [-0.25, -0.2) is 4.79 Å². The van der Waals surface area contributed by atoms with E-state index in [1.807, 2.05) is 18.2 Å². The molecule has 3 aromatic carbocycles. The van der Waals surface area contributed by atoms with Gasteiger partial charge in [0.15, 0.2) is 11.2 Å². The van der Waals surface area contributed by atoms with Crippen LogP contribution in [-0.2, 0) is 31.1 Å². The number of aliphatic carboxylic acids is 2. The van der Waals surface area contributed by atoms with E-state index in [9.17, 15) is 29.7 Å². The molecule has 3 aromatic rings. The fraction of sp³-hybridized carbons (Fsp3) is 0.364. The van der Waals surface area contributed by atoms with Gasteiger partial charge in [0.25, 0.3) is 0 Å². The van der Waals surface area contributed by atoms with E-state index < -0.39 is 42.0 Å². The number of likely N-dealkylation sites (N-methyl/N-ethyl adjacent to an activating group) is 1. The van der Waals surface area contributed by atoms with Crippen molar-refractivity contribution >= 4 is 17.9 Å². The molecule has 0 aliphatic heterocycles. The molecule has 0 aliphatic carbocycles. The van der Waals surface area contributed by atoms with Crippen LogP contribution in [0.3, 0.4) is 0 Å². The third kappa shape index (κ3) is 8.79. The van der Waals surface area contributed by atoms with E-state index in [2.05, 4.69) is 18.7 Å². The molecule has 0 saturated heterocycles. The Hall–Kier alpha value is -4.41. The van der Waals surface area contributed by atoms with Crippen LogP contribution in [0.2, 0.25) is 0 Å². The van der Waals surface area contributed by atoms with Crippen LogP contribution < -0.4 is 9.47 Å². The van der Waals surface area contributed by atoms with Crippen LogP contribution in [0, 0.1) is 0 Å². The smallest absolute Gasteiger partial charge is 0.336 e. The van der Waals surface area contributed by atoms with Crippen LogP contribution in [0.25, 0.3) is 0 Å². The summed E-state index contributed by atoms with van der Waals surface area (Å²) in [6.45, 7) is 7.26. The molecular formula is C33H39NO9. The lowest BCUT2D eigenvalue weighted by molar-refractivity contribution is -0.176. The van der Waals surface area contributed by atoms with Crippen molar-refractivity contribution in [3.05, 3.63) is 95.6 Å². The second-order valence-electron chi connectivity index (χ2n) is 10.2. The summed E-state index contributed by atoms with van der Waals surface area (Å²) in [6.07, 6.45) is -2.11. The first kappa shape index (κ1) is 33.1. The number of carboxylic acids is 2. The highest BCUT2D eigenvalue weighted by atomic mass is 16.6. The summed E-state index contributed by atoms with van der Waals surface area (Å²) in [6, 6.07) is 23.2. The van der Waals surface area contributed by atoms with Gasteiger partial charge in [0.2, 0.25) is 0 Å².